The van der Waals surface area contributed by atoms with Crippen molar-refractivity contribution in [3.63, 3.8) is 0 Å². The fourth-order valence-electron chi connectivity index (χ4n) is 3.00. The second kappa shape index (κ2) is 8.73. The van der Waals surface area contributed by atoms with Crippen LogP contribution in [-0.2, 0) is 17.5 Å². The van der Waals surface area contributed by atoms with Crippen LogP contribution in [-0.4, -0.2) is 57.3 Å². The molecule has 0 radical (unpaired) electrons. The van der Waals surface area contributed by atoms with Crippen LogP contribution in [0, 0.1) is 0 Å². The van der Waals surface area contributed by atoms with Gasteiger partial charge in [0.05, 0.1) is 5.56 Å². The average molecular weight is 372 g/mol. The predicted octanol–water partition coefficient (Wildman–Crippen LogP) is 2.48. The van der Waals surface area contributed by atoms with E-state index >= 15 is 0 Å². The van der Waals surface area contributed by atoms with Gasteiger partial charge in [-0.3, -0.25) is 4.99 Å². The zero-order valence-electron chi connectivity index (χ0n) is 15.5. The summed E-state index contributed by atoms with van der Waals surface area (Å²) >= 11 is 0. The summed E-state index contributed by atoms with van der Waals surface area (Å²) in [4.78, 5) is 6.41. The van der Waals surface area contributed by atoms with Crippen LogP contribution in [0.2, 0.25) is 0 Å². The third-order valence-corrected chi connectivity index (χ3v) is 4.92. The number of nitrogens with zero attached hydrogens (tertiary/aromatic N) is 2. The van der Waals surface area contributed by atoms with Gasteiger partial charge in [-0.2, -0.15) is 13.2 Å². The molecule has 0 unspecified atom stereocenters. The lowest BCUT2D eigenvalue weighted by atomic mass is 9.88. The summed E-state index contributed by atoms with van der Waals surface area (Å²) in [6, 6.07) is 5.14. The van der Waals surface area contributed by atoms with Crippen LogP contribution < -0.4 is 10.6 Å². The summed E-state index contributed by atoms with van der Waals surface area (Å²) in [6.45, 7) is 2.58. The first-order chi connectivity index (χ1) is 12.3. The van der Waals surface area contributed by atoms with Crippen molar-refractivity contribution < 1.29 is 17.9 Å². The van der Waals surface area contributed by atoms with Crippen molar-refractivity contribution in [2.75, 3.05) is 40.9 Å². The molecule has 0 saturated carbocycles. The SMILES string of the molecule is CN=C(NCc1ccc(C(F)(F)F)cc1)NCC1(N(C)C)CCOCC1. The van der Waals surface area contributed by atoms with Gasteiger partial charge < -0.3 is 20.3 Å². The van der Waals surface area contributed by atoms with Crippen molar-refractivity contribution in [1.29, 1.82) is 0 Å². The smallest absolute Gasteiger partial charge is 0.381 e. The molecule has 0 aromatic heterocycles. The topological polar surface area (TPSA) is 48.9 Å². The molecule has 1 heterocycles. The number of hydrogen-bond acceptors (Lipinski definition) is 3. The van der Waals surface area contributed by atoms with Gasteiger partial charge >= 0.3 is 6.18 Å². The zero-order valence-corrected chi connectivity index (χ0v) is 15.5. The molecule has 26 heavy (non-hydrogen) atoms. The van der Waals surface area contributed by atoms with Gasteiger partial charge in [0.15, 0.2) is 5.96 Å². The van der Waals surface area contributed by atoms with E-state index < -0.39 is 11.7 Å². The van der Waals surface area contributed by atoms with E-state index in [-0.39, 0.29) is 5.54 Å². The molecule has 2 N–H and O–H groups in total. The maximum atomic E-state index is 12.6. The first-order valence-corrected chi connectivity index (χ1v) is 8.63. The highest BCUT2D eigenvalue weighted by molar-refractivity contribution is 5.79. The van der Waals surface area contributed by atoms with E-state index in [1.54, 1.807) is 7.05 Å². The Morgan fingerprint density at radius 1 is 1.15 bits per heavy atom. The molecule has 1 aromatic rings. The van der Waals surface area contributed by atoms with E-state index in [0.29, 0.717) is 12.5 Å². The minimum absolute atomic E-state index is 0.00419. The van der Waals surface area contributed by atoms with Gasteiger partial charge in [0.25, 0.3) is 0 Å². The lowest BCUT2D eigenvalue weighted by Gasteiger charge is -2.43. The molecule has 0 amide bonds. The van der Waals surface area contributed by atoms with Crippen LogP contribution in [0.15, 0.2) is 29.3 Å². The molecule has 5 nitrogen and oxygen atoms in total. The lowest BCUT2D eigenvalue weighted by Crippen LogP contribution is -2.57. The Kier molecular flexibility index (Phi) is 6.88. The fourth-order valence-corrected chi connectivity index (χ4v) is 3.00. The summed E-state index contributed by atoms with van der Waals surface area (Å²) in [6.07, 6.45) is -2.44. The third kappa shape index (κ3) is 5.35. The molecule has 1 aliphatic heterocycles. The van der Waals surface area contributed by atoms with Crippen molar-refractivity contribution in [1.82, 2.24) is 15.5 Å². The van der Waals surface area contributed by atoms with Gasteiger partial charge in [0, 0.05) is 38.9 Å². The maximum absolute atomic E-state index is 12.6. The molecule has 0 atom stereocenters. The second-order valence-electron chi connectivity index (χ2n) is 6.71. The van der Waals surface area contributed by atoms with Crippen LogP contribution in [0.4, 0.5) is 13.2 Å². The van der Waals surface area contributed by atoms with Crippen molar-refractivity contribution in [2.24, 2.45) is 4.99 Å². The number of hydrogen-bond donors (Lipinski definition) is 2. The average Bonchev–Trinajstić information content (AvgIpc) is 2.62. The number of aliphatic imine (C=N–C) groups is 1. The van der Waals surface area contributed by atoms with Gasteiger partial charge in [0.2, 0.25) is 0 Å². The van der Waals surface area contributed by atoms with Gasteiger partial charge in [-0.1, -0.05) is 12.1 Å². The zero-order chi connectivity index (χ0) is 19.2. The predicted molar refractivity (Wildman–Crippen MR) is 96.1 cm³/mol. The Labute approximate surface area is 152 Å². The summed E-state index contributed by atoms with van der Waals surface area (Å²) in [5, 5.41) is 6.48. The Hall–Kier alpha value is -1.80. The molecule has 2 rings (SSSR count). The van der Waals surface area contributed by atoms with Crippen LogP contribution in [0.1, 0.15) is 24.0 Å². The largest absolute Gasteiger partial charge is 0.416 e. The number of guanidine groups is 1. The van der Waals surface area contributed by atoms with E-state index in [1.165, 1.54) is 12.1 Å². The van der Waals surface area contributed by atoms with Crippen LogP contribution in [0.25, 0.3) is 0 Å². The normalized spacial score (nSPS) is 18.0. The maximum Gasteiger partial charge on any atom is 0.416 e. The van der Waals surface area contributed by atoms with Crippen molar-refractivity contribution in [3.05, 3.63) is 35.4 Å². The van der Waals surface area contributed by atoms with Crippen molar-refractivity contribution >= 4 is 5.96 Å². The van der Waals surface area contributed by atoms with Crippen LogP contribution >= 0.6 is 0 Å². The minimum Gasteiger partial charge on any atom is -0.381 e. The molecular formula is C18H27F3N4O. The molecule has 1 aliphatic rings. The monoisotopic (exact) mass is 372 g/mol. The Morgan fingerprint density at radius 2 is 1.77 bits per heavy atom. The standard InChI is InChI=1S/C18H27F3N4O/c1-22-16(24-13-17(25(2)3)8-10-26-11-9-17)23-12-14-4-6-15(7-5-14)18(19,20)21/h4-7H,8-13H2,1-3H3,(H2,22,23,24). The number of ether oxygens (including phenoxy) is 1. The molecule has 0 aliphatic carbocycles. The van der Waals surface area contributed by atoms with Gasteiger partial charge in [-0.15, -0.1) is 0 Å². The Balaban J connectivity index is 1.89. The molecule has 146 valence electrons. The molecule has 1 saturated heterocycles. The summed E-state index contributed by atoms with van der Waals surface area (Å²) in [5.74, 6) is 0.623. The molecular weight excluding hydrogens is 345 g/mol. The van der Waals surface area contributed by atoms with E-state index in [4.69, 9.17) is 4.74 Å². The summed E-state index contributed by atoms with van der Waals surface area (Å²) in [7, 11) is 5.80. The number of rotatable bonds is 5. The van der Waals surface area contributed by atoms with Crippen molar-refractivity contribution in [3.8, 4) is 0 Å². The number of alkyl halides is 3. The second-order valence-corrected chi connectivity index (χ2v) is 6.71. The van der Waals surface area contributed by atoms with Gasteiger partial charge in [-0.25, -0.2) is 0 Å². The fraction of sp³-hybridized carbons (Fsp3) is 0.611. The van der Waals surface area contributed by atoms with E-state index in [1.807, 2.05) is 0 Å². The van der Waals surface area contributed by atoms with E-state index in [2.05, 4.69) is 34.6 Å². The highest BCUT2D eigenvalue weighted by Crippen LogP contribution is 2.29. The van der Waals surface area contributed by atoms with Gasteiger partial charge in [0.1, 0.15) is 0 Å². The highest BCUT2D eigenvalue weighted by atomic mass is 19.4. The van der Waals surface area contributed by atoms with Crippen LogP contribution in [0.5, 0.6) is 0 Å². The van der Waals surface area contributed by atoms with E-state index in [9.17, 15) is 13.2 Å². The van der Waals surface area contributed by atoms with Crippen LogP contribution in [0.3, 0.4) is 0 Å². The quantitative estimate of drug-likeness (QED) is 0.616. The number of benzene rings is 1. The third-order valence-electron chi connectivity index (χ3n) is 4.92. The summed E-state index contributed by atoms with van der Waals surface area (Å²) < 4.78 is 43.3. The molecule has 8 heteroatoms. The van der Waals surface area contributed by atoms with Crippen molar-refractivity contribution in [2.45, 2.75) is 31.1 Å². The summed E-state index contributed by atoms with van der Waals surface area (Å²) in [5.41, 5.74) is 0.120. The first kappa shape index (κ1) is 20.5. The number of halogens is 3. The van der Waals surface area contributed by atoms with E-state index in [0.717, 1.165) is 50.3 Å². The number of likely N-dealkylation sites (N-methyl/N-ethyl adjacent to an activating group) is 1. The molecule has 0 bridgehead atoms. The Morgan fingerprint density at radius 3 is 2.27 bits per heavy atom. The van der Waals surface area contributed by atoms with Gasteiger partial charge in [-0.05, 0) is 44.6 Å². The minimum atomic E-state index is -4.31. The highest BCUT2D eigenvalue weighted by Gasteiger charge is 2.34. The first-order valence-electron chi connectivity index (χ1n) is 8.63. The number of nitrogens with one attached hydrogen (secondary N) is 2. The molecule has 1 fully saturated rings. The molecule has 1 aromatic carbocycles. The Bertz CT molecular complexity index is 593. The molecule has 0 spiro atoms. The lowest BCUT2D eigenvalue weighted by molar-refractivity contribution is -0.137.